The highest BCUT2D eigenvalue weighted by Gasteiger charge is 2.33. The van der Waals surface area contributed by atoms with Gasteiger partial charge in [0.1, 0.15) is 5.75 Å². The number of Topliss-reactive ketones (excluding diaryl/α,β-unsaturated/α-hetero) is 1. The van der Waals surface area contributed by atoms with Crippen LogP contribution in [0.15, 0.2) is 41.6 Å². The molecule has 10 heteroatoms. The molecule has 0 unspecified atom stereocenters. The lowest BCUT2D eigenvalue weighted by Gasteiger charge is -2.14. The van der Waals surface area contributed by atoms with Crippen molar-refractivity contribution in [3.63, 3.8) is 0 Å². The van der Waals surface area contributed by atoms with Gasteiger partial charge in [0.15, 0.2) is 23.3 Å². The minimum Gasteiger partial charge on any atom is -0.409 e. The Morgan fingerprint density at radius 2 is 1.73 bits per heavy atom. The van der Waals surface area contributed by atoms with E-state index in [1.54, 1.807) is 0 Å². The average molecular weight is 374 g/mol. The van der Waals surface area contributed by atoms with Crippen LogP contribution in [0.2, 0.25) is 0 Å². The third-order valence-electron chi connectivity index (χ3n) is 3.33. The molecule has 0 aliphatic carbocycles. The van der Waals surface area contributed by atoms with E-state index >= 15 is 0 Å². The lowest BCUT2D eigenvalue weighted by atomic mass is 9.97. The molecular weight excluding hydrogens is 363 g/mol. The number of hydrogen-bond donors (Lipinski definition) is 2. The molecule has 0 amide bonds. The standard InChI is InChI=1S/C16H11F5N2O3/c17-11-5-6-13(26-16(19,20)21)10(14(11)18)7-12(24)8-3-1-2-4-9(8)15(22)23-25/h1-6,25H,7H2,(H2,22,23). The predicted molar refractivity (Wildman–Crippen MR) is 80.0 cm³/mol. The van der Waals surface area contributed by atoms with Gasteiger partial charge in [-0.2, -0.15) is 0 Å². The van der Waals surface area contributed by atoms with Crippen molar-refractivity contribution in [1.82, 2.24) is 0 Å². The summed E-state index contributed by atoms with van der Waals surface area (Å²) in [5, 5.41) is 11.5. The summed E-state index contributed by atoms with van der Waals surface area (Å²) in [5.41, 5.74) is 4.37. The first-order chi connectivity index (χ1) is 12.1. The van der Waals surface area contributed by atoms with Crippen molar-refractivity contribution in [2.24, 2.45) is 10.9 Å². The van der Waals surface area contributed by atoms with Crippen molar-refractivity contribution in [3.05, 3.63) is 64.7 Å². The fraction of sp³-hybridized carbons (Fsp3) is 0.125. The molecule has 3 N–H and O–H groups in total. The lowest BCUT2D eigenvalue weighted by molar-refractivity contribution is -0.275. The summed E-state index contributed by atoms with van der Waals surface area (Å²) >= 11 is 0. The van der Waals surface area contributed by atoms with Gasteiger partial charge in [0.25, 0.3) is 0 Å². The van der Waals surface area contributed by atoms with Crippen LogP contribution in [-0.2, 0) is 6.42 Å². The minimum atomic E-state index is -5.16. The summed E-state index contributed by atoms with van der Waals surface area (Å²) in [6, 6.07) is 6.47. The highest BCUT2D eigenvalue weighted by molar-refractivity contribution is 6.09. The molecule has 0 aliphatic heterocycles. The van der Waals surface area contributed by atoms with Crippen molar-refractivity contribution in [1.29, 1.82) is 0 Å². The van der Waals surface area contributed by atoms with Gasteiger partial charge in [-0.05, 0) is 12.1 Å². The molecule has 26 heavy (non-hydrogen) atoms. The molecule has 2 rings (SSSR count). The molecule has 2 aromatic carbocycles. The van der Waals surface area contributed by atoms with E-state index in [1.807, 2.05) is 0 Å². The Labute approximate surface area is 143 Å². The van der Waals surface area contributed by atoms with Crippen molar-refractivity contribution >= 4 is 11.6 Å². The van der Waals surface area contributed by atoms with Gasteiger partial charge in [-0.1, -0.05) is 29.4 Å². The highest BCUT2D eigenvalue weighted by atomic mass is 19.4. The summed E-state index contributed by atoms with van der Waals surface area (Å²) < 4.78 is 68.4. The number of alkyl halides is 3. The number of carbonyl (C=O) groups is 1. The first-order valence-electron chi connectivity index (χ1n) is 6.96. The zero-order valence-corrected chi connectivity index (χ0v) is 12.8. The maximum atomic E-state index is 14.0. The summed E-state index contributed by atoms with van der Waals surface area (Å²) in [4.78, 5) is 12.4. The molecule has 0 saturated carbocycles. The fourth-order valence-electron chi connectivity index (χ4n) is 2.22. The normalized spacial score (nSPS) is 12.1. The largest absolute Gasteiger partial charge is 0.573 e. The number of ketones is 1. The molecular formula is C16H11F5N2O3. The van der Waals surface area contributed by atoms with Crippen molar-refractivity contribution < 1.29 is 36.7 Å². The monoisotopic (exact) mass is 374 g/mol. The van der Waals surface area contributed by atoms with Crippen LogP contribution in [0.25, 0.3) is 0 Å². The molecule has 0 aliphatic rings. The van der Waals surface area contributed by atoms with Crippen LogP contribution in [0.1, 0.15) is 21.5 Å². The number of oxime groups is 1. The van der Waals surface area contributed by atoms with Crippen LogP contribution in [0.4, 0.5) is 22.0 Å². The Hall–Kier alpha value is -3.17. The maximum absolute atomic E-state index is 14.0. The van der Waals surface area contributed by atoms with Crippen LogP contribution >= 0.6 is 0 Å². The number of ether oxygens (including phenoxy) is 1. The molecule has 0 spiro atoms. The van der Waals surface area contributed by atoms with Crippen molar-refractivity contribution in [3.8, 4) is 5.75 Å². The molecule has 0 heterocycles. The second-order valence-electron chi connectivity index (χ2n) is 5.02. The Morgan fingerprint density at radius 1 is 1.12 bits per heavy atom. The summed E-state index contributed by atoms with van der Waals surface area (Å²) in [6.45, 7) is 0. The average Bonchev–Trinajstić information content (AvgIpc) is 2.59. The number of amidine groups is 1. The van der Waals surface area contributed by atoms with E-state index in [-0.39, 0.29) is 11.1 Å². The number of nitrogens with two attached hydrogens (primary N) is 1. The third-order valence-corrected chi connectivity index (χ3v) is 3.33. The third kappa shape index (κ3) is 4.26. The van der Waals surface area contributed by atoms with E-state index in [4.69, 9.17) is 10.9 Å². The number of hydrogen-bond acceptors (Lipinski definition) is 4. The van der Waals surface area contributed by atoms with E-state index in [0.717, 1.165) is 0 Å². The van der Waals surface area contributed by atoms with Crippen LogP contribution in [-0.4, -0.2) is 23.2 Å². The second-order valence-corrected chi connectivity index (χ2v) is 5.02. The number of halogens is 5. The maximum Gasteiger partial charge on any atom is 0.573 e. The number of rotatable bonds is 5. The zero-order valence-electron chi connectivity index (χ0n) is 12.8. The van der Waals surface area contributed by atoms with Gasteiger partial charge in [0, 0.05) is 23.1 Å². The van der Waals surface area contributed by atoms with E-state index in [9.17, 15) is 26.7 Å². The van der Waals surface area contributed by atoms with Crippen LogP contribution in [0.5, 0.6) is 5.75 Å². The molecule has 0 radical (unpaired) electrons. The Kier molecular flexibility index (Phi) is 5.44. The van der Waals surface area contributed by atoms with Gasteiger partial charge in [-0.3, -0.25) is 4.79 Å². The summed E-state index contributed by atoms with van der Waals surface area (Å²) in [7, 11) is 0. The zero-order chi connectivity index (χ0) is 19.5. The van der Waals surface area contributed by atoms with Gasteiger partial charge in [0.05, 0.1) is 0 Å². The second kappa shape index (κ2) is 7.38. The highest BCUT2D eigenvalue weighted by Crippen LogP contribution is 2.30. The van der Waals surface area contributed by atoms with Crippen LogP contribution < -0.4 is 10.5 Å². The molecule has 0 atom stereocenters. The van der Waals surface area contributed by atoms with Gasteiger partial charge >= 0.3 is 6.36 Å². The molecule has 0 aromatic heterocycles. The molecule has 2 aromatic rings. The number of nitrogens with zero attached hydrogens (tertiary/aromatic N) is 1. The predicted octanol–water partition coefficient (Wildman–Crippen LogP) is 3.38. The number of benzene rings is 2. The van der Waals surface area contributed by atoms with Gasteiger partial charge < -0.3 is 15.7 Å². The number of carbonyl (C=O) groups excluding carboxylic acids is 1. The van der Waals surface area contributed by atoms with Crippen LogP contribution in [0, 0.1) is 11.6 Å². The topological polar surface area (TPSA) is 84.9 Å². The molecule has 5 nitrogen and oxygen atoms in total. The molecule has 0 saturated heterocycles. The Balaban J connectivity index is 2.46. The first kappa shape index (κ1) is 19.2. The summed E-state index contributed by atoms with van der Waals surface area (Å²) in [5.74, 6) is -5.43. The molecule has 138 valence electrons. The van der Waals surface area contributed by atoms with Gasteiger partial charge in [-0.25, -0.2) is 8.78 Å². The van der Waals surface area contributed by atoms with E-state index < -0.39 is 47.3 Å². The van der Waals surface area contributed by atoms with Crippen LogP contribution in [0.3, 0.4) is 0 Å². The lowest BCUT2D eigenvalue weighted by Crippen LogP contribution is -2.21. The SMILES string of the molecule is NC(=NO)c1ccccc1C(=O)Cc1c(OC(F)(F)F)ccc(F)c1F. The van der Waals surface area contributed by atoms with E-state index in [0.29, 0.717) is 12.1 Å². The van der Waals surface area contributed by atoms with Crippen molar-refractivity contribution in [2.45, 2.75) is 12.8 Å². The quantitative estimate of drug-likeness (QED) is 0.210. The minimum absolute atomic E-state index is 0.0184. The van der Waals surface area contributed by atoms with Gasteiger partial charge in [-0.15, -0.1) is 13.2 Å². The van der Waals surface area contributed by atoms with E-state index in [2.05, 4.69) is 9.89 Å². The Bertz CT molecular complexity index is 865. The van der Waals surface area contributed by atoms with E-state index in [1.165, 1.54) is 24.3 Å². The first-order valence-corrected chi connectivity index (χ1v) is 6.96. The van der Waals surface area contributed by atoms with Gasteiger partial charge in [0.2, 0.25) is 0 Å². The summed E-state index contributed by atoms with van der Waals surface area (Å²) in [6.07, 6.45) is -6.10. The Morgan fingerprint density at radius 3 is 2.31 bits per heavy atom. The molecule has 0 bridgehead atoms. The van der Waals surface area contributed by atoms with Crippen molar-refractivity contribution in [2.75, 3.05) is 0 Å². The fourth-order valence-corrected chi connectivity index (χ4v) is 2.22. The smallest absolute Gasteiger partial charge is 0.409 e. The molecule has 0 fully saturated rings.